The van der Waals surface area contributed by atoms with Crippen molar-refractivity contribution in [2.75, 3.05) is 13.1 Å². The number of amides is 1. The molecule has 4 rings (SSSR count). The Kier molecular flexibility index (Phi) is 6.39. The second kappa shape index (κ2) is 9.20. The van der Waals surface area contributed by atoms with Gasteiger partial charge in [-0.15, -0.1) is 0 Å². The van der Waals surface area contributed by atoms with Crippen molar-refractivity contribution in [3.63, 3.8) is 0 Å². The Labute approximate surface area is 183 Å². The van der Waals surface area contributed by atoms with Gasteiger partial charge in [-0.2, -0.15) is 0 Å². The van der Waals surface area contributed by atoms with Crippen LogP contribution in [0.1, 0.15) is 37.8 Å². The van der Waals surface area contributed by atoms with Crippen LogP contribution in [-0.2, 0) is 32.4 Å². The van der Waals surface area contributed by atoms with Crippen molar-refractivity contribution < 1.29 is 19.2 Å². The zero-order valence-electron chi connectivity index (χ0n) is 18.2. The van der Waals surface area contributed by atoms with Crippen molar-refractivity contribution in [1.29, 1.82) is 0 Å². The fourth-order valence-electron chi connectivity index (χ4n) is 4.49. The monoisotopic (exact) mass is 422 g/mol. The SMILES string of the molecule is CC(C)CN1C(C(=O)OCc2ccccc2)CCC12CN(OCc1ccccc1)C2=O. The minimum absolute atomic E-state index is 0.0533. The molecule has 2 unspecified atom stereocenters. The smallest absolute Gasteiger partial charge is 0.323 e. The first kappa shape index (κ1) is 21.5. The molecule has 6 heteroatoms. The van der Waals surface area contributed by atoms with Crippen LogP contribution in [0.3, 0.4) is 0 Å². The van der Waals surface area contributed by atoms with E-state index in [2.05, 4.69) is 18.7 Å². The molecule has 2 aromatic carbocycles. The van der Waals surface area contributed by atoms with Crippen LogP contribution in [0.25, 0.3) is 0 Å². The zero-order chi connectivity index (χ0) is 21.8. The van der Waals surface area contributed by atoms with Gasteiger partial charge in [0, 0.05) is 6.54 Å². The van der Waals surface area contributed by atoms with Crippen LogP contribution in [0.5, 0.6) is 0 Å². The number of carbonyl (C=O) groups excluding carboxylic acids is 2. The summed E-state index contributed by atoms with van der Waals surface area (Å²) in [6.07, 6.45) is 1.27. The van der Waals surface area contributed by atoms with E-state index >= 15 is 0 Å². The summed E-state index contributed by atoms with van der Waals surface area (Å²) in [5, 5.41) is 1.44. The summed E-state index contributed by atoms with van der Waals surface area (Å²) in [6, 6.07) is 19.1. The highest BCUT2D eigenvalue weighted by molar-refractivity contribution is 5.93. The lowest BCUT2D eigenvalue weighted by molar-refractivity contribution is -0.244. The van der Waals surface area contributed by atoms with E-state index in [1.807, 2.05) is 60.7 Å². The molecule has 0 bridgehead atoms. The van der Waals surface area contributed by atoms with Gasteiger partial charge in [-0.25, -0.2) is 5.06 Å². The Morgan fingerprint density at radius 3 is 2.23 bits per heavy atom. The van der Waals surface area contributed by atoms with E-state index in [0.29, 0.717) is 38.5 Å². The van der Waals surface area contributed by atoms with Crippen LogP contribution in [0.15, 0.2) is 60.7 Å². The summed E-state index contributed by atoms with van der Waals surface area (Å²) in [5.41, 5.74) is 1.32. The van der Waals surface area contributed by atoms with Crippen LogP contribution < -0.4 is 0 Å². The molecule has 0 radical (unpaired) electrons. The summed E-state index contributed by atoms with van der Waals surface area (Å²) < 4.78 is 5.62. The summed E-state index contributed by atoms with van der Waals surface area (Å²) in [5.74, 6) is 0.0201. The van der Waals surface area contributed by atoms with Crippen LogP contribution in [0, 0.1) is 5.92 Å². The highest BCUT2D eigenvalue weighted by Gasteiger charge is 2.63. The van der Waals surface area contributed by atoms with E-state index < -0.39 is 11.6 Å². The van der Waals surface area contributed by atoms with E-state index in [9.17, 15) is 9.59 Å². The molecule has 1 amide bonds. The molecule has 2 heterocycles. The fourth-order valence-corrected chi connectivity index (χ4v) is 4.49. The van der Waals surface area contributed by atoms with Gasteiger partial charge in [-0.05, 0) is 29.9 Å². The van der Waals surface area contributed by atoms with Gasteiger partial charge < -0.3 is 4.74 Å². The van der Waals surface area contributed by atoms with Crippen molar-refractivity contribution in [2.45, 2.75) is 51.5 Å². The number of hydrogen-bond donors (Lipinski definition) is 0. The van der Waals surface area contributed by atoms with Gasteiger partial charge >= 0.3 is 5.97 Å². The maximum Gasteiger partial charge on any atom is 0.323 e. The molecule has 2 atom stereocenters. The first-order chi connectivity index (χ1) is 15.0. The molecule has 2 fully saturated rings. The van der Waals surface area contributed by atoms with E-state index in [0.717, 1.165) is 11.1 Å². The Hall–Kier alpha value is -2.70. The predicted molar refractivity (Wildman–Crippen MR) is 116 cm³/mol. The van der Waals surface area contributed by atoms with Crippen molar-refractivity contribution in [3.05, 3.63) is 71.8 Å². The van der Waals surface area contributed by atoms with E-state index in [4.69, 9.17) is 9.57 Å². The largest absolute Gasteiger partial charge is 0.460 e. The number of nitrogens with zero attached hydrogens (tertiary/aromatic N) is 2. The lowest BCUT2D eigenvalue weighted by Crippen LogP contribution is -2.73. The van der Waals surface area contributed by atoms with Crippen LogP contribution in [0.2, 0.25) is 0 Å². The third-order valence-corrected chi connectivity index (χ3v) is 6.07. The number of ether oxygens (including phenoxy) is 1. The molecule has 2 aromatic rings. The lowest BCUT2D eigenvalue weighted by Gasteiger charge is -2.51. The standard InChI is InChI=1S/C25H30N2O4/c1-19(2)15-26-22(23(28)30-16-20-9-5-3-6-10-20)13-14-25(26)18-27(24(25)29)31-17-21-11-7-4-8-12-21/h3-12,19,22H,13-18H2,1-2H3. The number of benzene rings is 2. The Morgan fingerprint density at radius 1 is 1.03 bits per heavy atom. The molecule has 0 aromatic heterocycles. The molecule has 31 heavy (non-hydrogen) atoms. The number of carbonyl (C=O) groups is 2. The summed E-state index contributed by atoms with van der Waals surface area (Å²) in [4.78, 5) is 33.9. The summed E-state index contributed by atoms with van der Waals surface area (Å²) >= 11 is 0. The van der Waals surface area contributed by atoms with Gasteiger partial charge in [0.05, 0.1) is 6.54 Å². The quantitative estimate of drug-likeness (QED) is 0.481. The third kappa shape index (κ3) is 4.50. The van der Waals surface area contributed by atoms with Crippen LogP contribution in [-0.4, -0.2) is 46.5 Å². The first-order valence-corrected chi connectivity index (χ1v) is 11.0. The van der Waals surface area contributed by atoms with Crippen molar-refractivity contribution in [2.24, 2.45) is 5.92 Å². The predicted octanol–water partition coefficient (Wildman–Crippen LogP) is 3.56. The molecule has 0 aliphatic carbocycles. The van der Waals surface area contributed by atoms with Crippen molar-refractivity contribution >= 4 is 11.9 Å². The molecule has 164 valence electrons. The Bertz CT molecular complexity index is 902. The average Bonchev–Trinajstić information content (AvgIpc) is 3.16. The number of esters is 1. The zero-order valence-corrected chi connectivity index (χ0v) is 18.2. The molecular weight excluding hydrogens is 392 g/mol. The normalized spacial score (nSPS) is 23.4. The minimum Gasteiger partial charge on any atom is -0.460 e. The minimum atomic E-state index is -0.655. The van der Waals surface area contributed by atoms with Gasteiger partial charge in [-0.3, -0.25) is 19.3 Å². The van der Waals surface area contributed by atoms with Gasteiger partial charge in [0.25, 0.3) is 5.91 Å². The Balaban J connectivity index is 1.39. The van der Waals surface area contributed by atoms with Gasteiger partial charge in [0.1, 0.15) is 24.8 Å². The van der Waals surface area contributed by atoms with Crippen LogP contribution in [0.4, 0.5) is 0 Å². The van der Waals surface area contributed by atoms with Crippen LogP contribution >= 0.6 is 0 Å². The molecule has 2 aliphatic rings. The maximum absolute atomic E-state index is 13.2. The summed E-state index contributed by atoms with van der Waals surface area (Å²) in [6.45, 7) is 5.96. The van der Waals surface area contributed by atoms with Crippen molar-refractivity contribution in [3.8, 4) is 0 Å². The summed E-state index contributed by atoms with van der Waals surface area (Å²) in [7, 11) is 0. The number of rotatable bonds is 8. The fraction of sp³-hybridized carbons (Fsp3) is 0.440. The maximum atomic E-state index is 13.2. The molecule has 2 saturated heterocycles. The number of hydroxylamine groups is 2. The van der Waals surface area contributed by atoms with E-state index in [-0.39, 0.29) is 18.5 Å². The van der Waals surface area contributed by atoms with Gasteiger partial charge in [0.15, 0.2) is 0 Å². The van der Waals surface area contributed by atoms with E-state index in [1.54, 1.807) is 0 Å². The molecule has 0 N–H and O–H groups in total. The second-order valence-corrected chi connectivity index (χ2v) is 8.83. The lowest BCUT2D eigenvalue weighted by atomic mass is 9.87. The topological polar surface area (TPSA) is 59.1 Å². The first-order valence-electron chi connectivity index (χ1n) is 11.0. The highest BCUT2D eigenvalue weighted by atomic mass is 16.7. The molecule has 0 saturated carbocycles. The molecule has 2 aliphatic heterocycles. The van der Waals surface area contributed by atoms with Gasteiger partial charge in [-0.1, -0.05) is 74.5 Å². The number of likely N-dealkylation sites (tertiary alicyclic amines) is 1. The third-order valence-electron chi connectivity index (χ3n) is 6.07. The van der Waals surface area contributed by atoms with Crippen molar-refractivity contribution in [1.82, 2.24) is 9.96 Å². The Morgan fingerprint density at radius 2 is 1.65 bits per heavy atom. The second-order valence-electron chi connectivity index (χ2n) is 8.83. The molecular formula is C25H30N2O4. The van der Waals surface area contributed by atoms with E-state index in [1.165, 1.54) is 5.06 Å². The molecule has 1 spiro atoms. The molecule has 6 nitrogen and oxygen atoms in total. The average molecular weight is 423 g/mol. The number of hydrogen-bond acceptors (Lipinski definition) is 5. The van der Waals surface area contributed by atoms with Gasteiger partial charge in [0.2, 0.25) is 0 Å². The highest BCUT2D eigenvalue weighted by Crippen LogP contribution is 2.43. The number of β-lactam (4-membered cyclic amide) rings is 1.